The van der Waals surface area contributed by atoms with Crippen LogP contribution in [0.15, 0.2) is 48.8 Å². The Labute approximate surface area is 203 Å². The molecule has 182 valence electrons. The number of piperidine rings is 1. The predicted molar refractivity (Wildman–Crippen MR) is 135 cm³/mol. The van der Waals surface area contributed by atoms with Crippen molar-refractivity contribution in [3.8, 4) is 28.1 Å². The van der Waals surface area contributed by atoms with Gasteiger partial charge in [0, 0.05) is 29.1 Å². The molecule has 2 atom stereocenters. The van der Waals surface area contributed by atoms with Crippen LogP contribution in [0, 0.1) is 0 Å². The van der Waals surface area contributed by atoms with E-state index < -0.39 is 17.8 Å². The lowest BCUT2D eigenvalue weighted by molar-refractivity contribution is 0.0654. The third-order valence-electron chi connectivity index (χ3n) is 6.66. The number of phenols is 1. The number of hydrogen-bond acceptors (Lipinski definition) is 7. The highest BCUT2D eigenvalue weighted by atomic mass is 19.1. The topological polar surface area (TPSA) is 101 Å². The van der Waals surface area contributed by atoms with Gasteiger partial charge in [-0.2, -0.15) is 5.10 Å². The van der Waals surface area contributed by atoms with E-state index in [9.17, 15) is 5.11 Å². The standard InChI is InChI=1S/C26H30FN7O/c1-25(2)12-19(23(27)26(3,4)33-25)30-24-28-14-20(31-32-24)18-8-6-16(11-22(18)35)15-7-9-21-17(10-15)13-29-34(21)5/h6-11,13-14,19,23,33,35H,12H2,1-5H3,(H,28,30,32)/t19?,23-/m0/s1. The smallest absolute Gasteiger partial charge is 0.243 e. The number of halogens is 1. The van der Waals surface area contributed by atoms with E-state index in [-0.39, 0.29) is 17.2 Å². The van der Waals surface area contributed by atoms with Crippen LogP contribution in [0.5, 0.6) is 5.75 Å². The molecule has 0 spiro atoms. The number of aromatic nitrogens is 5. The molecule has 0 aliphatic carbocycles. The van der Waals surface area contributed by atoms with Crippen molar-refractivity contribution in [1.29, 1.82) is 0 Å². The third kappa shape index (κ3) is 4.43. The van der Waals surface area contributed by atoms with Crippen molar-refractivity contribution in [1.82, 2.24) is 30.3 Å². The predicted octanol–water partition coefficient (Wildman–Crippen LogP) is 4.47. The van der Waals surface area contributed by atoms with Gasteiger partial charge in [0.2, 0.25) is 5.95 Å². The molecule has 1 aliphatic rings. The Morgan fingerprint density at radius 2 is 1.80 bits per heavy atom. The fourth-order valence-electron chi connectivity index (χ4n) is 5.17. The van der Waals surface area contributed by atoms with Crippen LogP contribution < -0.4 is 10.6 Å². The molecule has 5 rings (SSSR count). The number of anilines is 1. The highest BCUT2D eigenvalue weighted by Gasteiger charge is 2.46. The van der Waals surface area contributed by atoms with Gasteiger partial charge in [0.25, 0.3) is 0 Å². The molecule has 1 fully saturated rings. The van der Waals surface area contributed by atoms with Crippen molar-refractivity contribution >= 4 is 16.9 Å². The molecule has 9 heteroatoms. The summed E-state index contributed by atoms with van der Waals surface area (Å²) in [5.41, 5.74) is 2.94. The zero-order chi connectivity index (χ0) is 25.0. The van der Waals surface area contributed by atoms with Gasteiger partial charge in [-0.1, -0.05) is 12.1 Å². The van der Waals surface area contributed by atoms with E-state index in [0.717, 1.165) is 22.0 Å². The number of aryl methyl sites for hydroxylation is 1. The van der Waals surface area contributed by atoms with Crippen molar-refractivity contribution in [2.24, 2.45) is 7.05 Å². The second kappa shape index (κ2) is 8.27. The van der Waals surface area contributed by atoms with Crippen LogP contribution in [0.3, 0.4) is 0 Å². The first kappa shape index (κ1) is 23.2. The fourth-order valence-corrected chi connectivity index (χ4v) is 5.17. The Balaban J connectivity index is 1.35. The summed E-state index contributed by atoms with van der Waals surface area (Å²) >= 11 is 0. The average molecular weight is 476 g/mol. The molecule has 35 heavy (non-hydrogen) atoms. The number of hydrogen-bond donors (Lipinski definition) is 3. The van der Waals surface area contributed by atoms with Crippen molar-refractivity contribution < 1.29 is 9.50 Å². The Hall–Kier alpha value is -3.59. The summed E-state index contributed by atoms with van der Waals surface area (Å²) in [5, 5.41) is 30.9. The molecule has 0 amide bonds. The van der Waals surface area contributed by atoms with Gasteiger partial charge in [-0.3, -0.25) is 4.68 Å². The number of benzene rings is 2. The SMILES string of the molecule is Cn1ncc2cc(-c3ccc(-c4cnc(NC5CC(C)(C)NC(C)(C)[C@H]5F)nn4)c(O)c3)ccc21. The highest BCUT2D eigenvalue weighted by molar-refractivity contribution is 5.85. The first-order valence-corrected chi connectivity index (χ1v) is 11.7. The van der Waals surface area contributed by atoms with Gasteiger partial charge in [0.05, 0.1) is 24.0 Å². The van der Waals surface area contributed by atoms with E-state index in [2.05, 4.69) is 44.8 Å². The molecule has 3 N–H and O–H groups in total. The van der Waals surface area contributed by atoms with Crippen LogP contribution in [0.1, 0.15) is 34.1 Å². The number of aromatic hydroxyl groups is 1. The van der Waals surface area contributed by atoms with E-state index in [1.54, 1.807) is 12.1 Å². The summed E-state index contributed by atoms with van der Waals surface area (Å²) in [7, 11) is 1.91. The van der Waals surface area contributed by atoms with Gasteiger partial charge in [0.1, 0.15) is 17.6 Å². The Morgan fingerprint density at radius 3 is 2.51 bits per heavy atom. The van der Waals surface area contributed by atoms with Gasteiger partial charge in [-0.25, -0.2) is 9.37 Å². The Bertz CT molecular complexity index is 1380. The maximum atomic E-state index is 15.1. The minimum Gasteiger partial charge on any atom is -0.507 e. The highest BCUT2D eigenvalue weighted by Crippen LogP contribution is 2.34. The Kier molecular flexibility index (Phi) is 5.47. The zero-order valence-corrected chi connectivity index (χ0v) is 20.5. The maximum Gasteiger partial charge on any atom is 0.243 e. The molecule has 0 bridgehead atoms. The third-order valence-corrected chi connectivity index (χ3v) is 6.66. The maximum absolute atomic E-state index is 15.1. The molecule has 4 aromatic rings. The monoisotopic (exact) mass is 475 g/mol. The minimum absolute atomic E-state index is 0.0799. The summed E-state index contributed by atoms with van der Waals surface area (Å²) in [6, 6.07) is 11.0. The Morgan fingerprint density at radius 1 is 1.06 bits per heavy atom. The van der Waals surface area contributed by atoms with E-state index >= 15 is 4.39 Å². The average Bonchev–Trinajstić information content (AvgIpc) is 3.17. The van der Waals surface area contributed by atoms with Crippen LogP contribution in [0.2, 0.25) is 0 Å². The van der Waals surface area contributed by atoms with Gasteiger partial charge in [0.15, 0.2) is 0 Å². The van der Waals surface area contributed by atoms with Crippen LogP contribution in [0.25, 0.3) is 33.3 Å². The molecular weight excluding hydrogens is 445 g/mol. The fraction of sp³-hybridized carbons (Fsp3) is 0.385. The molecular formula is C26H30FN7O. The number of alkyl halides is 1. The molecule has 0 saturated carbocycles. The summed E-state index contributed by atoms with van der Waals surface area (Å²) < 4.78 is 16.9. The molecule has 1 saturated heterocycles. The van der Waals surface area contributed by atoms with Crippen LogP contribution >= 0.6 is 0 Å². The first-order valence-electron chi connectivity index (χ1n) is 11.7. The minimum atomic E-state index is -1.12. The molecule has 2 aromatic heterocycles. The quantitative estimate of drug-likeness (QED) is 0.400. The largest absolute Gasteiger partial charge is 0.507 e. The van der Waals surface area contributed by atoms with Crippen LogP contribution in [-0.2, 0) is 7.05 Å². The number of nitrogens with zero attached hydrogens (tertiary/aromatic N) is 5. The molecule has 3 heterocycles. The molecule has 8 nitrogen and oxygen atoms in total. The van der Waals surface area contributed by atoms with Crippen molar-refractivity contribution in [2.75, 3.05) is 5.32 Å². The summed E-state index contributed by atoms with van der Waals surface area (Å²) in [5.74, 6) is 0.340. The summed E-state index contributed by atoms with van der Waals surface area (Å²) in [6.07, 6.45) is 2.81. The lowest BCUT2D eigenvalue weighted by Gasteiger charge is -2.48. The zero-order valence-electron chi connectivity index (χ0n) is 20.5. The van der Waals surface area contributed by atoms with Gasteiger partial charge >= 0.3 is 0 Å². The number of nitrogens with one attached hydrogen (secondary N) is 2. The van der Waals surface area contributed by atoms with Crippen LogP contribution in [-0.4, -0.2) is 53.4 Å². The van der Waals surface area contributed by atoms with Gasteiger partial charge in [-0.05, 0) is 69.5 Å². The number of rotatable bonds is 4. The van der Waals surface area contributed by atoms with E-state index in [0.29, 0.717) is 17.7 Å². The van der Waals surface area contributed by atoms with Gasteiger partial charge < -0.3 is 15.7 Å². The second-order valence-electron chi connectivity index (χ2n) is 10.5. The second-order valence-corrected chi connectivity index (χ2v) is 10.5. The van der Waals surface area contributed by atoms with Crippen molar-refractivity contribution in [3.05, 3.63) is 48.8 Å². The van der Waals surface area contributed by atoms with E-state index in [1.165, 1.54) is 6.20 Å². The molecule has 2 aromatic carbocycles. The number of phenolic OH excluding ortho intramolecular Hbond substituents is 1. The normalized spacial score (nSPS) is 21.2. The molecule has 1 aliphatic heterocycles. The number of fused-ring (bicyclic) bond motifs is 1. The van der Waals surface area contributed by atoms with Crippen LogP contribution in [0.4, 0.5) is 10.3 Å². The molecule has 1 unspecified atom stereocenters. The van der Waals surface area contributed by atoms with Gasteiger partial charge in [-0.15, -0.1) is 10.2 Å². The van der Waals surface area contributed by atoms with Crippen molar-refractivity contribution in [2.45, 2.75) is 57.4 Å². The summed E-state index contributed by atoms with van der Waals surface area (Å²) in [6.45, 7) is 7.82. The first-order chi connectivity index (χ1) is 16.5. The molecule has 0 radical (unpaired) electrons. The van der Waals surface area contributed by atoms with E-state index in [1.807, 2.05) is 56.0 Å². The van der Waals surface area contributed by atoms with Crippen molar-refractivity contribution in [3.63, 3.8) is 0 Å². The summed E-state index contributed by atoms with van der Waals surface area (Å²) in [4.78, 5) is 4.35. The lowest BCUT2D eigenvalue weighted by atomic mass is 9.78. The van der Waals surface area contributed by atoms with E-state index in [4.69, 9.17) is 0 Å². The lowest BCUT2D eigenvalue weighted by Crippen LogP contribution is -2.67.